The maximum atomic E-state index is 13.7. The molecule has 0 bridgehead atoms. The van der Waals surface area contributed by atoms with Gasteiger partial charge in [0.25, 0.3) is 0 Å². The van der Waals surface area contributed by atoms with Gasteiger partial charge in [0.05, 0.1) is 5.38 Å². The molecule has 1 atom stereocenters. The van der Waals surface area contributed by atoms with Crippen molar-refractivity contribution in [2.45, 2.75) is 12.3 Å². The Labute approximate surface area is 115 Å². The van der Waals surface area contributed by atoms with E-state index >= 15 is 0 Å². The highest BCUT2D eigenvalue weighted by molar-refractivity contribution is 9.10. The highest BCUT2D eigenvalue weighted by atomic mass is 79.9. The molecule has 1 unspecified atom stereocenters. The fourth-order valence-electron chi connectivity index (χ4n) is 1.48. The molecule has 5 heteroatoms. The van der Waals surface area contributed by atoms with Gasteiger partial charge in [-0.15, -0.1) is 22.9 Å². The van der Waals surface area contributed by atoms with Crippen LogP contribution in [0.15, 0.2) is 28.1 Å². The Morgan fingerprint density at radius 2 is 2.00 bits per heavy atom. The molecule has 1 heterocycles. The first-order valence-corrected chi connectivity index (χ1v) is 6.94. The van der Waals surface area contributed by atoms with Gasteiger partial charge in [-0.2, -0.15) is 0 Å². The summed E-state index contributed by atoms with van der Waals surface area (Å²) in [5.41, 5.74) is 0.443. The van der Waals surface area contributed by atoms with Gasteiger partial charge in [-0.25, -0.2) is 8.78 Å². The van der Waals surface area contributed by atoms with Crippen molar-refractivity contribution in [3.63, 3.8) is 0 Å². The summed E-state index contributed by atoms with van der Waals surface area (Å²) in [4.78, 5) is 0.772. The second-order valence-electron chi connectivity index (χ2n) is 3.62. The lowest BCUT2D eigenvalue weighted by Crippen LogP contribution is -1.98. The summed E-state index contributed by atoms with van der Waals surface area (Å²) in [5.74, 6) is -0.927. The predicted molar refractivity (Wildman–Crippen MR) is 70.8 cm³/mol. The Morgan fingerprint density at radius 3 is 2.59 bits per heavy atom. The summed E-state index contributed by atoms with van der Waals surface area (Å²) in [6, 6.07) is 4.16. The van der Waals surface area contributed by atoms with Gasteiger partial charge in [-0.1, -0.05) is 0 Å². The highest BCUT2D eigenvalue weighted by Gasteiger charge is 2.20. The van der Waals surface area contributed by atoms with Crippen LogP contribution in [0.3, 0.4) is 0 Å². The van der Waals surface area contributed by atoms with Gasteiger partial charge in [0.15, 0.2) is 0 Å². The molecule has 1 aromatic carbocycles. The molecule has 0 aliphatic rings. The molecule has 0 N–H and O–H groups in total. The SMILES string of the molecule is Cc1cc(F)c(C(Cl)c2sccc2Br)cc1F. The number of hydrogen-bond acceptors (Lipinski definition) is 1. The molecule has 0 nitrogen and oxygen atoms in total. The third kappa shape index (κ3) is 2.54. The van der Waals surface area contributed by atoms with Crippen molar-refractivity contribution in [1.29, 1.82) is 0 Å². The van der Waals surface area contributed by atoms with E-state index in [-0.39, 0.29) is 11.1 Å². The standard InChI is InChI=1S/C12H8BrClF2S/c1-6-4-10(16)7(5-9(6)15)11(14)12-8(13)2-3-17-12/h2-5,11H,1H3. The Morgan fingerprint density at radius 1 is 1.29 bits per heavy atom. The van der Waals surface area contributed by atoms with Crippen LogP contribution in [0.25, 0.3) is 0 Å². The first kappa shape index (κ1) is 13.0. The minimum Gasteiger partial charge on any atom is -0.207 e. The summed E-state index contributed by atoms with van der Waals surface area (Å²) in [6.45, 7) is 1.52. The third-order valence-electron chi connectivity index (χ3n) is 2.43. The molecule has 0 aliphatic heterocycles. The summed E-state index contributed by atoms with van der Waals surface area (Å²) in [7, 11) is 0. The lowest BCUT2D eigenvalue weighted by molar-refractivity contribution is 0.580. The van der Waals surface area contributed by atoms with E-state index < -0.39 is 17.0 Å². The van der Waals surface area contributed by atoms with Crippen LogP contribution in [0.5, 0.6) is 0 Å². The fraction of sp³-hybridized carbons (Fsp3) is 0.167. The lowest BCUT2D eigenvalue weighted by Gasteiger charge is -2.11. The highest BCUT2D eigenvalue weighted by Crippen LogP contribution is 2.38. The molecule has 1 aromatic heterocycles. The van der Waals surface area contributed by atoms with Gasteiger partial charge in [0.2, 0.25) is 0 Å². The minimum atomic E-state index is -0.681. The summed E-state index contributed by atoms with van der Waals surface area (Å²) < 4.78 is 28.0. The largest absolute Gasteiger partial charge is 0.207 e. The molecule has 0 saturated heterocycles. The summed E-state index contributed by atoms with van der Waals surface area (Å²) >= 11 is 10.9. The van der Waals surface area contributed by atoms with Gasteiger partial charge >= 0.3 is 0 Å². The molecule has 17 heavy (non-hydrogen) atoms. The fourth-order valence-corrected chi connectivity index (χ4v) is 3.65. The van der Waals surface area contributed by atoms with E-state index in [4.69, 9.17) is 11.6 Å². The second-order valence-corrected chi connectivity index (χ2v) is 5.86. The second kappa shape index (κ2) is 5.04. The van der Waals surface area contributed by atoms with Crippen molar-refractivity contribution in [3.8, 4) is 0 Å². The van der Waals surface area contributed by atoms with Gasteiger partial charge in [-0.3, -0.25) is 0 Å². The maximum Gasteiger partial charge on any atom is 0.128 e. The topological polar surface area (TPSA) is 0 Å². The van der Waals surface area contributed by atoms with Crippen molar-refractivity contribution in [3.05, 3.63) is 55.7 Å². The van der Waals surface area contributed by atoms with Crippen molar-refractivity contribution in [2.24, 2.45) is 0 Å². The van der Waals surface area contributed by atoms with E-state index in [2.05, 4.69) is 15.9 Å². The molecule has 0 amide bonds. The van der Waals surface area contributed by atoms with Crippen molar-refractivity contribution in [2.75, 3.05) is 0 Å². The number of thiophene rings is 1. The molecule has 0 fully saturated rings. The number of hydrogen-bond donors (Lipinski definition) is 0. The number of aryl methyl sites for hydroxylation is 1. The minimum absolute atomic E-state index is 0.165. The molecule has 0 saturated carbocycles. The number of benzene rings is 1. The zero-order chi connectivity index (χ0) is 12.6. The van der Waals surface area contributed by atoms with E-state index in [0.717, 1.165) is 15.4 Å². The van der Waals surface area contributed by atoms with Crippen LogP contribution in [0.2, 0.25) is 0 Å². The molecular formula is C12H8BrClF2S. The Hall–Kier alpha value is -0.450. The third-order valence-corrected chi connectivity index (χ3v) is 4.94. The van der Waals surface area contributed by atoms with Crippen LogP contribution in [0.4, 0.5) is 8.78 Å². The Kier molecular flexibility index (Phi) is 3.85. The van der Waals surface area contributed by atoms with Crippen LogP contribution >= 0.6 is 38.9 Å². The predicted octanol–water partition coefficient (Wildman–Crippen LogP) is 5.43. The number of rotatable bonds is 2. The van der Waals surface area contributed by atoms with Crippen molar-refractivity contribution in [1.82, 2.24) is 0 Å². The van der Waals surface area contributed by atoms with Gasteiger partial charge in [0.1, 0.15) is 11.6 Å². The van der Waals surface area contributed by atoms with E-state index in [9.17, 15) is 8.78 Å². The first-order chi connectivity index (χ1) is 8.00. The molecular weight excluding hydrogens is 330 g/mol. The van der Waals surface area contributed by atoms with Crippen LogP contribution in [0.1, 0.15) is 21.4 Å². The molecule has 90 valence electrons. The Bertz CT molecular complexity index is 553. The van der Waals surface area contributed by atoms with E-state index in [1.54, 1.807) is 0 Å². The van der Waals surface area contributed by atoms with Gasteiger partial charge < -0.3 is 0 Å². The average molecular weight is 338 g/mol. The zero-order valence-electron chi connectivity index (χ0n) is 8.81. The normalized spacial score (nSPS) is 12.8. The van der Waals surface area contributed by atoms with E-state index in [1.165, 1.54) is 24.3 Å². The smallest absolute Gasteiger partial charge is 0.128 e. The average Bonchev–Trinajstić information content (AvgIpc) is 2.69. The number of halogens is 4. The summed E-state index contributed by atoms with van der Waals surface area (Å²) in [5, 5.41) is 1.16. The summed E-state index contributed by atoms with van der Waals surface area (Å²) in [6.07, 6.45) is 0. The zero-order valence-corrected chi connectivity index (χ0v) is 12.0. The lowest BCUT2D eigenvalue weighted by atomic mass is 10.1. The van der Waals surface area contributed by atoms with Crippen LogP contribution in [0, 0.1) is 18.6 Å². The van der Waals surface area contributed by atoms with E-state index in [1.807, 2.05) is 11.4 Å². The van der Waals surface area contributed by atoms with Crippen LogP contribution in [-0.4, -0.2) is 0 Å². The number of alkyl halides is 1. The maximum absolute atomic E-state index is 13.7. The monoisotopic (exact) mass is 336 g/mol. The molecule has 0 radical (unpaired) electrons. The molecule has 2 aromatic rings. The molecule has 0 aliphatic carbocycles. The first-order valence-electron chi connectivity index (χ1n) is 4.83. The van der Waals surface area contributed by atoms with Crippen molar-refractivity contribution >= 4 is 38.9 Å². The van der Waals surface area contributed by atoms with E-state index in [0.29, 0.717) is 0 Å². The quantitative estimate of drug-likeness (QED) is 0.641. The molecule has 0 spiro atoms. The van der Waals surface area contributed by atoms with Gasteiger partial charge in [0, 0.05) is 14.9 Å². The molecule has 2 rings (SSSR count). The van der Waals surface area contributed by atoms with Crippen LogP contribution < -0.4 is 0 Å². The Balaban J connectivity index is 2.48. The van der Waals surface area contributed by atoms with Crippen LogP contribution in [-0.2, 0) is 0 Å². The van der Waals surface area contributed by atoms with Gasteiger partial charge in [-0.05, 0) is 52.0 Å². The van der Waals surface area contributed by atoms with Crippen molar-refractivity contribution < 1.29 is 8.78 Å².